The molecule has 1 aromatic carbocycles. The van der Waals surface area contributed by atoms with Gasteiger partial charge in [0.25, 0.3) is 0 Å². The molecular formula is C12H12ClNO. The molecule has 0 aliphatic rings. The van der Waals surface area contributed by atoms with Crippen molar-refractivity contribution in [1.82, 2.24) is 5.16 Å². The zero-order valence-corrected chi connectivity index (χ0v) is 9.51. The fourth-order valence-electron chi connectivity index (χ4n) is 1.63. The normalized spacial score (nSPS) is 10.6. The molecule has 0 amide bonds. The van der Waals surface area contributed by atoms with Crippen LogP contribution >= 0.6 is 11.6 Å². The number of hydrogen-bond donors (Lipinski definition) is 0. The highest BCUT2D eigenvalue weighted by molar-refractivity contribution is 6.16. The molecule has 0 unspecified atom stereocenters. The van der Waals surface area contributed by atoms with Crippen molar-refractivity contribution in [2.75, 3.05) is 0 Å². The molecule has 2 aromatic rings. The van der Waals surface area contributed by atoms with Crippen molar-refractivity contribution < 1.29 is 4.52 Å². The van der Waals surface area contributed by atoms with E-state index >= 15 is 0 Å². The molecule has 0 aliphatic heterocycles. The van der Waals surface area contributed by atoms with Gasteiger partial charge in [0.05, 0.1) is 11.6 Å². The van der Waals surface area contributed by atoms with Gasteiger partial charge in [0.2, 0.25) is 0 Å². The minimum absolute atomic E-state index is 0.383. The van der Waals surface area contributed by atoms with Crippen LogP contribution in [0, 0.1) is 13.8 Å². The van der Waals surface area contributed by atoms with Gasteiger partial charge in [0, 0.05) is 11.6 Å². The third kappa shape index (κ3) is 2.21. The van der Waals surface area contributed by atoms with Gasteiger partial charge in [-0.05, 0) is 26.0 Å². The largest absolute Gasteiger partial charge is 0.356 e. The van der Waals surface area contributed by atoms with Crippen LogP contribution in [0.3, 0.4) is 0 Å². The molecule has 0 bridgehead atoms. The van der Waals surface area contributed by atoms with Crippen LogP contribution in [0.15, 0.2) is 28.8 Å². The van der Waals surface area contributed by atoms with Gasteiger partial charge in [0.15, 0.2) is 5.76 Å². The number of aromatic nitrogens is 1. The molecule has 15 heavy (non-hydrogen) atoms. The van der Waals surface area contributed by atoms with Crippen molar-refractivity contribution >= 4 is 11.6 Å². The molecule has 78 valence electrons. The second-order valence-electron chi connectivity index (χ2n) is 3.69. The molecule has 0 saturated heterocycles. The first-order chi connectivity index (χ1) is 7.19. The fraction of sp³-hybridized carbons (Fsp3) is 0.250. The Kier molecular flexibility index (Phi) is 2.78. The molecule has 2 nitrogen and oxygen atoms in total. The Bertz CT molecular complexity index is 456. The van der Waals surface area contributed by atoms with Gasteiger partial charge in [-0.3, -0.25) is 0 Å². The van der Waals surface area contributed by atoms with Gasteiger partial charge in [-0.1, -0.05) is 22.3 Å². The quantitative estimate of drug-likeness (QED) is 0.723. The van der Waals surface area contributed by atoms with Gasteiger partial charge < -0.3 is 4.52 Å². The lowest BCUT2D eigenvalue weighted by molar-refractivity contribution is 0.426. The first-order valence-corrected chi connectivity index (χ1v) is 5.33. The molecule has 0 fully saturated rings. The Morgan fingerprint density at radius 1 is 1.13 bits per heavy atom. The summed E-state index contributed by atoms with van der Waals surface area (Å²) in [4.78, 5) is 0. The van der Waals surface area contributed by atoms with Crippen LogP contribution in [0.5, 0.6) is 0 Å². The molecular weight excluding hydrogens is 210 g/mol. The van der Waals surface area contributed by atoms with Crippen LogP contribution in [0.2, 0.25) is 0 Å². The van der Waals surface area contributed by atoms with Gasteiger partial charge in [0.1, 0.15) is 0 Å². The number of hydrogen-bond acceptors (Lipinski definition) is 2. The lowest BCUT2D eigenvalue weighted by atomic mass is 10.1. The van der Waals surface area contributed by atoms with E-state index in [1.807, 2.05) is 6.07 Å². The van der Waals surface area contributed by atoms with E-state index in [2.05, 4.69) is 37.2 Å². The maximum absolute atomic E-state index is 5.67. The first-order valence-electron chi connectivity index (χ1n) is 4.79. The van der Waals surface area contributed by atoms with Crippen LogP contribution in [0.25, 0.3) is 11.3 Å². The Hall–Kier alpha value is -1.28. The van der Waals surface area contributed by atoms with Crippen LogP contribution in [-0.4, -0.2) is 5.16 Å². The van der Waals surface area contributed by atoms with E-state index in [4.69, 9.17) is 16.1 Å². The third-order valence-electron chi connectivity index (χ3n) is 2.20. The average molecular weight is 222 g/mol. The van der Waals surface area contributed by atoms with Gasteiger partial charge in [-0.25, -0.2) is 0 Å². The lowest BCUT2D eigenvalue weighted by Crippen LogP contribution is -1.80. The van der Waals surface area contributed by atoms with E-state index in [0.29, 0.717) is 5.88 Å². The summed E-state index contributed by atoms with van der Waals surface area (Å²) in [5.74, 6) is 1.16. The van der Waals surface area contributed by atoms with E-state index < -0.39 is 0 Å². The predicted octanol–water partition coefficient (Wildman–Crippen LogP) is 3.70. The van der Waals surface area contributed by atoms with E-state index in [-0.39, 0.29) is 0 Å². The lowest BCUT2D eigenvalue weighted by Gasteiger charge is -2.00. The Morgan fingerprint density at radius 2 is 1.80 bits per heavy atom. The summed E-state index contributed by atoms with van der Waals surface area (Å²) in [6.07, 6.45) is 0. The van der Waals surface area contributed by atoms with Crippen LogP contribution in [0.4, 0.5) is 0 Å². The minimum atomic E-state index is 0.383. The molecule has 0 saturated carbocycles. The molecule has 0 aliphatic carbocycles. The monoisotopic (exact) mass is 221 g/mol. The molecule has 1 heterocycles. The van der Waals surface area contributed by atoms with Crippen LogP contribution in [0.1, 0.15) is 16.8 Å². The second-order valence-corrected chi connectivity index (χ2v) is 3.96. The smallest absolute Gasteiger partial charge is 0.167 e. The van der Waals surface area contributed by atoms with E-state index in [1.54, 1.807) is 0 Å². The van der Waals surface area contributed by atoms with Crippen LogP contribution in [-0.2, 0) is 5.88 Å². The summed E-state index contributed by atoms with van der Waals surface area (Å²) in [6.45, 7) is 4.13. The first kappa shape index (κ1) is 10.2. The van der Waals surface area contributed by atoms with Gasteiger partial charge in [-0.2, -0.15) is 0 Å². The molecule has 1 aromatic heterocycles. The highest BCUT2D eigenvalue weighted by Gasteiger charge is 2.06. The van der Waals surface area contributed by atoms with Gasteiger partial charge in [-0.15, -0.1) is 11.6 Å². The van der Waals surface area contributed by atoms with Crippen molar-refractivity contribution in [3.05, 3.63) is 41.1 Å². The Morgan fingerprint density at radius 3 is 2.33 bits per heavy atom. The van der Waals surface area contributed by atoms with Crippen molar-refractivity contribution in [3.8, 4) is 11.3 Å². The van der Waals surface area contributed by atoms with Crippen molar-refractivity contribution in [1.29, 1.82) is 0 Å². The molecule has 0 N–H and O–H groups in total. The number of nitrogens with zero attached hydrogens (tertiary/aromatic N) is 1. The maximum Gasteiger partial charge on any atom is 0.167 e. The summed E-state index contributed by atoms with van der Waals surface area (Å²) in [6, 6.07) is 8.15. The molecule has 0 atom stereocenters. The standard InChI is InChI=1S/C12H12ClNO/c1-8-3-9(2)5-10(4-8)12-6-11(7-13)14-15-12/h3-6H,7H2,1-2H3. The summed E-state index contributed by atoms with van der Waals surface area (Å²) >= 11 is 5.67. The molecule has 0 spiro atoms. The van der Waals surface area contributed by atoms with E-state index in [1.165, 1.54) is 11.1 Å². The third-order valence-corrected chi connectivity index (χ3v) is 2.48. The highest BCUT2D eigenvalue weighted by Crippen LogP contribution is 2.23. The number of halogens is 1. The van der Waals surface area contributed by atoms with E-state index in [9.17, 15) is 0 Å². The summed E-state index contributed by atoms with van der Waals surface area (Å²) < 4.78 is 5.22. The molecule has 2 rings (SSSR count). The topological polar surface area (TPSA) is 26.0 Å². The highest BCUT2D eigenvalue weighted by atomic mass is 35.5. The van der Waals surface area contributed by atoms with Crippen molar-refractivity contribution in [3.63, 3.8) is 0 Å². The molecule has 0 radical (unpaired) electrons. The fourth-order valence-corrected chi connectivity index (χ4v) is 1.75. The Balaban J connectivity index is 2.44. The summed E-state index contributed by atoms with van der Waals surface area (Å²) in [5, 5.41) is 3.86. The predicted molar refractivity (Wildman–Crippen MR) is 61.0 cm³/mol. The summed E-state index contributed by atoms with van der Waals surface area (Å²) in [5.41, 5.74) is 4.25. The van der Waals surface area contributed by atoms with Crippen LogP contribution < -0.4 is 0 Å². The number of rotatable bonds is 2. The number of alkyl halides is 1. The SMILES string of the molecule is Cc1cc(C)cc(-c2cc(CCl)no2)c1. The minimum Gasteiger partial charge on any atom is -0.356 e. The summed E-state index contributed by atoms with van der Waals surface area (Å²) in [7, 11) is 0. The maximum atomic E-state index is 5.67. The zero-order valence-electron chi connectivity index (χ0n) is 8.75. The number of aryl methyl sites for hydroxylation is 2. The average Bonchev–Trinajstić information content (AvgIpc) is 2.64. The molecule has 3 heteroatoms. The zero-order chi connectivity index (χ0) is 10.8. The number of benzene rings is 1. The van der Waals surface area contributed by atoms with E-state index in [0.717, 1.165) is 17.0 Å². The Labute approximate surface area is 93.9 Å². The van der Waals surface area contributed by atoms with Gasteiger partial charge >= 0.3 is 0 Å². The van der Waals surface area contributed by atoms with Crippen molar-refractivity contribution in [2.24, 2.45) is 0 Å². The second kappa shape index (κ2) is 4.07. The van der Waals surface area contributed by atoms with Crippen molar-refractivity contribution in [2.45, 2.75) is 19.7 Å².